The monoisotopic (exact) mass is 774 g/mol. The molecule has 56 heavy (non-hydrogen) atoms. The summed E-state index contributed by atoms with van der Waals surface area (Å²) < 4.78 is 29.0. The number of hydrogen-bond acceptors (Lipinski definition) is 8. The third kappa shape index (κ3) is 4.92. The molecule has 11 rings (SSSR count). The Morgan fingerprint density at radius 2 is 1.00 bits per heavy atom. The summed E-state index contributed by atoms with van der Waals surface area (Å²) >= 11 is 3.88. The Kier molecular flexibility index (Phi) is 7.14. The normalized spacial score (nSPS) is 15.3. The molecule has 0 saturated carbocycles. The molecule has 7 aromatic rings. The van der Waals surface area contributed by atoms with Gasteiger partial charge in [-0.05, 0) is 99.6 Å². The van der Waals surface area contributed by atoms with Crippen molar-refractivity contribution < 1.29 is 18.9 Å². The number of nitrogens with zero attached hydrogens (tertiary/aromatic N) is 2. The molecule has 4 aliphatic rings. The second-order valence-corrected chi connectivity index (χ2v) is 20.0. The van der Waals surface area contributed by atoms with E-state index in [4.69, 9.17) is 18.9 Å². The summed E-state index contributed by atoms with van der Waals surface area (Å²) in [6, 6.07) is 32.0. The molecule has 4 aliphatic heterocycles. The molecule has 0 unspecified atom stereocenters. The van der Waals surface area contributed by atoms with E-state index in [1.807, 2.05) is 22.7 Å². The summed E-state index contributed by atoms with van der Waals surface area (Å²) in [5, 5.41) is 2.57. The van der Waals surface area contributed by atoms with Gasteiger partial charge in [-0.25, -0.2) is 0 Å². The summed E-state index contributed by atoms with van der Waals surface area (Å²) in [5.74, 6) is 3.40. The van der Waals surface area contributed by atoms with Crippen molar-refractivity contribution in [2.45, 2.75) is 72.1 Å². The topological polar surface area (TPSA) is 43.4 Å². The third-order valence-corrected chi connectivity index (χ3v) is 14.4. The molecule has 0 spiro atoms. The van der Waals surface area contributed by atoms with E-state index in [9.17, 15) is 0 Å². The Bertz CT molecular complexity index is 2620. The van der Waals surface area contributed by atoms with Crippen molar-refractivity contribution in [1.82, 2.24) is 0 Å². The number of fused-ring (bicyclic) bond motifs is 10. The Hall–Kier alpha value is -5.12. The van der Waals surface area contributed by atoms with Crippen molar-refractivity contribution in [3.05, 3.63) is 102 Å². The molecular formula is C47H43BN2O4S2. The number of thiophene rings is 2. The van der Waals surface area contributed by atoms with Gasteiger partial charge in [0.2, 0.25) is 13.6 Å². The molecule has 0 atom stereocenters. The lowest BCUT2D eigenvalue weighted by Gasteiger charge is -2.42. The summed E-state index contributed by atoms with van der Waals surface area (Å²) in [5.41, 5.74) is 12.3. The van der Waals surface area contributed by atoms with Crippen molar-refractivity contribution in [1.29, 1.82) is 0 Å². The molecule has 2 aromatic heterocycles. The fourth-order valence-electron chi connectivity index (χ4n) is 8.84. The van der Waals surface area contributed by atoms with Gasteiger partial charge < -0.3 is 28.7 Å². The smallest absolute Gasteiger partial charge is 0.277 e. The van der Waals surface area contributed by atoms with Crippen LogP contribution < -0.4 is 43.8 Å². The standard InChI is InChI=1S/C47H43BN2O4S2/c1-25(2)26-17-33-41-34(18-26)50(30-12-14-36-38(22-30)54-24-52-36)43-32-20-28(47(6,7)8)10-16-40(32)56-45(43)48(41)44-42(31-19-27(46(3,4)5)9-15-39(31)55-44)49(33)29-11-13-35-37(21-29)53-23-51-35/h9-22,25H,23-24H2,1-8H3. The number of ether oxygens (including phenoxy) is 4. The van der Waals surface area contributed by atoms with Crippen LogP contribution in [-0.4, -0.2) is 20.3 Å². The zero-order valence-electron chi connectivity index (χ0n) is 33.0. The molecule has 0 bridgehead atoms. The molecule has 6 heterocycles. The molecule has 280 valence electrons. The Morgan fingerprint density at radius 1 is 0.554 bits per heavy atom. The largest absolute Gasteiger partial charge is 0.454 e. The maximum atomic E-state index is 6.03. The SMILES string of the molecule is CC(C)c1cc2c3c(c1)N(c1ccc4c(c1)OCO4)c1c(sc4ccc(C(C)(C)C)cc14)B3c1sc3ccc(C(C)(C)C)cc3c1N2c1ccc2c(c1)OCO2. The van der Waals surface area contributed by atoms with Crippen LogP contribution in [0.5, 0.6) is 23.0 Å². The maximum absolute atomic E-state index is 6.03. The maximum Gasteiger partial charge on any atom is 0.277 e. The minimum Gasteiger partial charge on any atom is -0.454 e. The second kappa shape index (κ2) is 11.7. The van der Waals surface area contributed by atoms with Gasteiger partial charge in [-0.3, -0.25) is 0 Å². The molecular weight excluding hydrogens is 731 g/mol. The summed E-state index contributed by atoms with van der Waals surface area (Å²) in [4.78, 5) is 5.05. The van der Waals surface area contributed by atoms with Crippen LogP contribution in [0.25, 0.3) is 20.2 Å². The average Bonchev–Trinajstić information content (AvgIpc) is 3.97. The fourth-order valence-corrected chi connectivity index (χ4v) is 11.5. The van der Waals surface area contributed by atoms with Crippen molar-refractivity contribution in [3.8, 4) is 23.0 Å². The predicted octanol–water partition coefficient (Wildman–Crippen LogP) is 11.4. The number of anilines is 6. The fraction of sp³-hybridized carbons (Fsp3) is 0.277. The highest BCUT2D eigenvalue weighted by Gasteiger charge is 2.47. The van der Waals surface area contributed by atoms with Crippen LogP contribution in [0.1, 0.15) is 78.0 Å². The van der Waals surface area contributed by atoms with Gasteiger partial charge in [0.25, 0.3) is 6.71 Å². The molecule has 0 fully saturated rings. The van der Waals surface area contributed by atoms with Gasteiger partial charge in [0.05, 0.1) is 22.7 Å². The summed E-state index contributed by atoms with van der Waals surface area (Å²) in [6.45, 7) is 18.9. The first-order valence-corrected chi connectivity index (χ1v) is 21.2. The molecule has 0 saturated heterocycles. The van der Waals surface area contributed by atoms with E-state index in [0.29, 0.717) is 0 Å². The lowest BCUT2D eigenvalue weighted by molar-refractivity contribution is 0.173. The number of benzene rings is 5. The van der Waals surface area contributed by atoms with Gasteiger partial charge in [-0.1, -0.05) is 67.5 Å². The van der Waals surface area contributed by atoms with Crippen LogP contribution in [0.4, 0.5) is 34.1 Å². The van der Waals surface area contributed by atoms with Crippen molar-refractivity contribution in [3.63, 3.8) is 0 Å². The lowest BCUT2D eigenvalue weighted by Crippen LogP contribution is -2.59. The van der Waals surface area contributed by atoms with Gasteiger partial charge in [0.15, 0.2) is 23.0 Å². The first-order valence-electron chi connectivity index (χ1n) is 19.5. The lowest BCUT2D eigenvalue weighted by atomic mass is 9.39. The zero-order chi connectivity index (χ0) is 38.4. The quantitative estimate of drug-likeness (QED) is 0.167. The van der Waals surface area contributed by atoms with Crippen LogP contribution in [0.2, 0.25) is 0 Å². The van der Waals surface area contributed by atoms with Gasteiger partial charge in [0.1, 0.15) is 0 Å². The Morgan fingerprint density at radius 3 is 1.43 bits per heavy atom. The molecule has 0 radical (unpaired) electrons. The van der Waals surface area contributed by atoms with Crippen LogP contribution in [0, 0.1) is 0 Å². The van der Waals surface area contributed by atoms with E-state index in [1.165, 1.54) is 74.6 Å². The van der Waals surface area contributed by atoms with E-state index in [1.54, 1.807) is 0 Å². The highest BCUT2D eigenvalue weighted by molar-refractivity contribution is 7.40. The summed E-state index contributed by atoms with van der Waals surface area (Å²) in [6.07, 6.45) is 0. The summed E-state index contributed by atoms with van der Waals surface area (Å²) in [7, 11) is 0. The Balaban J connectivity index is 1.28. The first kappa shape index (κ1) is 34.2. The van der Waals surface area contributed by atoms with E-state index >= 15 is 0 Å². The molecule has 0 aliphatic carbocycles. The van der Waals surface area contributed by atoms with E-state index < -0.39 is 0 Å². The van der Waals surface area contributed by atoms with Gasteiger partial charge in [-0.15, -0.1) is 22.7 Å². The minimum absolute atomic E-state index is 0.00347. The molecule has 0 N–H and O–H groups in total. The average molecular weight is 775 g/mol. The van der Waals surface area contributed by atoms with Crippen molar-refractivity contribution in [2.75, 3.05) is 23.4 Å². The van der Waals surface area contributed by atoms with Crippen LogP contribution in [0.15, 0.2) is 84.9 Å². The molecule has 9 heteroatoms. The van der Waals surface area contributed by atoms with Crippen molar-refractivity contribution >= 4 is 98.7 Å². The van der Waals surface area contributed by atoms with Gasteiger partial charge in [0, 0.05) is 53.2 Å². The highest BCUT2D eigenvalue weighted by atomic mass is 32.1. The van der Waals surface area contributed by atoms with Crippen LogP contribution in [-0.2, 0) is 10.8 Å². The third-order valence-electron chi connectivity index (χ3n) is 11.9. The highest BCUT2D eigenvalue weighted by Crippen LogP contribution is 2.53. The van der Waals surface area contributed by atoms with Crippen LogP contribution >= 0.6 is 22.7 Å². The first-order chi connectivity index (χ1) is 26.8. The van der Waals surface area contributed by atoms with E-state index in [-0.39, 0.29) is 37.0 Å². The Labute approximate surface area is 336 Å². The second-order valence-electron chi connectivity index (χ2n) is 17.9. The van der Waals surface area contributed by atoms with E-state index in [0.717, 1.165) is 34.4 Å². The van der Waals surface area contributed by atoms with Crippen molar-refractivity contribution in [2.24, 2.45) is 0 Å². The predicted molar refractivity (Wildman–Crippen MR) is 235 cm³/mol. The number of rotatable bonds is 3. The number of hydrogen-bond donors (Lipinski definition) is 0. The molecule has 0 amide bonds. The van der Waals surface area contributed by atoms with Crippen LogP contribution in [0.3, 0.4) is 0 Å². The zero-order valence-corrected chi connectivity index (χ0v) is 34.6. The molecule has 5 aromatic carbocycles. The molecule has 6 nitrogen and oxygen atoms in total. The van der Waals surface area contributed by atoms with Gasteiger partial charge >= 0.3 is 0 Å². The van der Waals surface area contributed by atoms with Gasteiger partial charge in [-0.2, -0.15) is 0 Å². The minimum atomic E-state index is -0.00347. The van der Waals surface area contributed by atoms with E-state index in [2.05, 4.69) is 150 Å².